The van der Waals surface area contributed by atoms with Crippen molar-refractivity contribution in [2.24, 2.45) is 0 Å². The molecule has 0 aliphatic rings. The molecule has 158 valence electrons. The number of hydrogen-bond acceptors (Lipinski definition) is 7. The maximum Gasteiger partial charge on any atom is 0.358 e. The van der Waals surface area contributed by atoms with E-state index in [4.69, 9.17) is 0 Å². The van der Waals surface area contributed by atoms with E-state index in [1.165, 1.54) is 4.68 Å². The van der Waals surface area contributed by atoms with E-state index in [-0.39, 0.29) is 11.5 Å². The second-order valence-corrected chi connectivity index (χ2v) is 7.00. The summed E-state index contributed by atoms with van der Waals surface area (Å²) >= 11 is 0. The third-order valence-electron chi connectivity index (χ3n) is 4.90. The fourth-order valence-electron chi connectivity index (χ4n) is 3.30. The number of rotatable bonds is 9. The highest BCUT2D eigenvalue weighted by Gasteiger charge is 2.19. The lowest BCUT2D eigenvalue weighted by atomic mass is 9.98. The van der Waals surface area contributed by atoms with Crippen LogP contribution in [0, 0.1) is 0 Å². The van der Waals surface area contributed by atoms with Crippen LogP contribution in [0.15, 0.2) is 48.5 Å². The highest BCUT2D eigenvalue weighted by Crippen LogP contribution is 2.29. The number of tetrazole rings is 1. The van der Waals surface area contributed by atoms with Crippen LogP contribution in [-0.4, -0.2) is 46.7 Å². The topological polar surface area (TPSA) is 134 Å². The van der Waals surface area contributed by atoms with Gasteiger partial charge in [-0.2, -0.15) is 5.21 Å². The van der Waals surface area contributed by atoms with Crippen molar-refractivity contribution < 1.29 is 9.90 Å². The van der Waals surface area contributed by atoms with Crippen molar-refractivity contribution in [3.63, 3.8) is 0 Å². The van der Waals surface area contributed by atoms with Gasteiger partial charge in [-0.15, -0.1) is 15.3 Å². The molecule has 4 rings (SSSR count). The average molecular weight is 418 g/mol. The molecule has 0 fully saturated rings. The minimum absolute atomic E-state index is 0.0825. The van der Waals surface area contributed by atoms with E-state index in [0.717, 1.165) is 35.1 Å². The van der Waals surface area contributed by atoms with Crippen LogP contribution in [0.4, 0.5) is 5.82 Å². The van der Waals surface area contributed by atoms with Crippen LogP contribution in [-0.2, 0) is 13.1 Å². The number of benzene rings is 2. The quantitative estimate of drug-likeness (QED) is 0.377. The first-order chi connectivity index (χ1) is 15.2. The summed E-state index contributed by atoms with van der Waals surface area (Å²) in [4.78, 5) is 11.7. The van der Waals surface area contributed by atoms with Gasteiger partial charge in [0.1, 0.15) is 0 Å². The van der Waals surface area contributed by atoms with Crippen molar-refractivity contribution in [3.05, 3.63) is 59.8 Å². The summed E-state index contributed by atoms with van der Waals surface area (Å²) in [6.45, 7) is 3.00. The third-order valence-corrected chi connectivity index (χ3v) is 4.90. The Labute approximate surface area is 178 Å². The number of carboxylic acids is 1. The normalized spacial score (nSPS) is 10.9. The summed E-state index contributed by atoms with van der Waals surface area (Å²) in [5.41, 5.74) is 3.97. The number of anilines is 1. The zero-order valence-corrected chi connectivity index (χ0v) is 17.0. The Kier molecular flexibility index (Phi) is 5.97. The van der Waals surface area contributed by atoms with Gasteiger partial charge in [0.2, 0.25) is 5.82 Å². The van der Waals surface area contributed by atoms with Crippen LogP contribution in [0.5, 0.6) is 0 Å². The van der Waals surface area contributed by atoms with Crippen molar-refractivity contribution in [2.45, 2.75) is 32.9 Å². The summed E-state index contributed by atoms with van der Waals surface area (Å²) in [6.07, 6.45) is 1.79. The lowest BCUT2D eigenvalue weighted by Crippen LogP contribution is -2.12. The van der Waals surface area contributed by atoms with Crippen LogP contribution in [0.25, 0.3) is 22.5 Å². The molecule has 0 saturated heterocycles. The molecule has 10 heteroatoms. The summed E-state index contributed by atoms with van der Waals surface area (Å²) in [7, 11) is 0. The Hall–Kier alpha value is -4.08. The first kappa shape index (κ1) is 20.2. The Bertz CT molecular complexity index is 1150. The van der Waals surface area contributed by atoms with E-state index < -0.39 is 5.97 Å². The van der Waals surface area contributed by atoms with Gasteiger partial charge in [0, 0.05) is 18.7 Å². The number of hydrogen-bond donors (Lipinski definition) is 3. The van der Waals surface area contributed by atoms with Gasteiger partial charge in [0.05, 0.1) is 0 Å². The first-order valence-corrected chi connectivity index (χ1v) is 10.00. The third kappa shape index (κ3) is 4.42. The minimum atomic E-state index is -1.04. The SMILES string of the molecule is CCCCn1nnc(NCc2ccc(-c3ccccc3-c3nn[nH]n3)cc2)c1C(=O)O. The van der Waals surface area contributed by atoms with Crippen molar-refractivity contribution in [1.29, 1.82) is 0 Å². The number of H-pyrrole nitrogens is 1. The van der Waals surface area contributed by atoms with Crippen LogP contribution in [0.3, 0.4) is 0 Å². The second kappa shape index (κ2) is 9.16. The van der Waals surface area contributed by atoms with Crippen LogP contribution in [0.2, 0.25) is 0 Å². The number of aromatic carboxylic acids is 1. The summed E-state index contributed by atoms with van der Waals surface area (Å²) in [5, 5.41) is 34.9. The summed E-state index contributed by atoms with van der Waals surface area (Å²) in [5.74, 6) is -0.235. The molecule has 3 N–H and O–H groups in total. The number of aromatic amines is 1. The molecule has 0 aliphatic heterocycles. The fraction of sp³-hybridized carbons (Fsp3) is 0.238. The zero-order valence-electron chi connectivity index (χ0n) is 17.0. The molecule has 31 heavy (non-hydrogen) atoms. The van der Waals surface area contributed by atoms with E-state index in [9.17, 15) is 9.90 Å². The highest BCUT2D eigenvalue weighted by atomic mass is 16.4. The lowest BCUT2D eigenvalue weighted by molar-refractivity contribution is 0.0684. The lowest BCUT2D eigenvalue weighted by Gasteiger charge is -2.09. The number of carboxylic acid groups (broad SMARTS) is 1. The van der Waals surface area contributed by atoms with Crippen molar-refractivity contribution in [2.75, 3.05) is 5.32 Å². The van der Waals surface area contributed by atoms with Crippen molar-refractivity contribution >= 4 is 11.8 Å². The Balaban J connectivity index is 1.50. The van der Waals surface area contributed by atoms with E-state index >= 15 is 0 Å². The smallest absolute Gasteiger partial charge is 0.358 e. The molecule has 4 aromatic rings. The Morgan fingerprint density at radius 2 is 1.87 bits per heavy atom. The molecule has 0 radical (unpaired) electrons. The molecule has 0 amide bonds. The number of nitrogens with zero attached hydrogens (tertiary/aromatic N) is 6. The molecule has 0 unspecified atom stereocenters. The van der Waals surface area contributed by atoms with E-state index in [0.29, 0.717) is 18.9 Å². The second-order valence-electron chi connectivity index (χ2n) is 7.00. The predicted octanol–water partition coefficient (Wildman–Crippen LogP) is 3.24. The summed E-state index contributed by atoms with van der Waals surface area (Å²) < 4.78 is 1.44. The number of nitrogens with one attached hydrogen (secondary N) is 2. The molecular weight excluding hydrogens is 396 g/mol. The van der Waals surface area contributed by atoms with Gasteiger partial charge in [-0.05, 0) is 28.3 Å². The molecule has 0 spiro atoms. The van der Waals surface area contributed by atoms with Crippen molar-refractivity contribution in [3.8, 4) is 22.5 Å². The first-order valence-electron chi connectivity index (χ1n) is 10.00. The minimum Gasteiger partial charge on any atom is -0.476 e. The van der Waals surface area contributed by atoms with Crippen LogP contribution in [0.1, 0.15) is 35.8 Å². The molecule has 0 saturated carbocycles. The van der Waals surface area contributed by atoms with Crippen molar-refractivity contribution in [1.82, 2.24) is 35.6 Å². The van der Waals surface area contributed by atoms with Gasteiger partial charge in [-0.3, -0.25) is 0 Å². The maximum atomic E-state index is 11.7. The number of aromatic nitrogens is 7. The molecule has 0 aliphatic carbocycles. The number of aryl methyl sites for hydroxylation is 1. The Morgan fingerprint density at radius 1 is 1.10 bits per heavy atom. The van der Waals surface area contributed by atoms with E-state index in [2.05, 4.69) is 36.3 Å². The van der Waals surface area contributed by atoms with E-state index in [1.807, 2.05) is 55.5 Å². The average Bonchev–Trinajstić information content (AvgIpc) is 3.47. The molecule has 0 bridgehead atoms. The van der Waals surface area contributed by atoms with Gasteiger partial charge in [-0.25, -0.2) is 9.48 Å². The van der Waals surface area contributed by atoms with Gasteiger partial charge in [0.15, 0.2) is 11.5 Å². The largest absolute Gasteiger partial charge is 0.476 e. The van der Waals surface area contributed by atoms with Gasteiger partial charge in [0.25, 0.3) is 0 Å². The van der Waals surface area contributed by atoms with E-state index in [1.54, 1.807) is 0 Å². The number of carbonyl (C=O) groups is 1. The zero-order chi connectivity index (χ0) is 21.6. The van der Waals surface area contributed by atoms with Gasteiger partial charge < -0.3 is 10.4 Å². The molecular formula is C21H22N8O2. The van der Waals surface area contributed by atoms with Gasteiger partial charge >= 0.3 is 5.97 Å². The number of unbranched alkanes of at least 4 members (excludes halogenated alkanes) is 1. The van der Waals surface area contributed by atoms with Gasteiger partial charge in [-0.1, -0.05) is 67.1 Å². The molecule has 2 aromatic heterocycles. The standard InChI is InChI=1S/C21H22N8O2/c1-2-3-12-29-18(21(30)31)20(25-28-29)22-13-14-8-10-15(11-9-14)16-6-4-5-7-17(16)19-23-26-27-24-19/h4-11,22H,2-3,12-13H2,1H3,(H,30,31)(H,23,24,26,27). The molecule has 10 nitrogen and oxygen atoms in total. The molecule has 2 heterocycles. The fourth-order valence-corrected chi connectivity index (χ4v) is 3.30. The Morgan fingerprint density at radius 3 is 2.55 bits per heavy atom. The summed E-state index contributed by atoms with van der Waals surface area (Å²) in [6, 6.07) is 15.8. The van der Waals surface area contributed by atoms with Crippen LogP contribution >= 0.6 is 0 Å². The highest BCUT2D eigenvalue weighted by molar-refractivity contribution is 5.91. The molecule has 0 atom stereocenters. The predicted molar refractivity (Wildman–Crippen MR) is 114 cm³/mol. The van der Waals surface area contributed by atoms with Crippen LogP contribution < -0.4 is 5.32 Å². The maximum absolute atomic E-state index is 11.7. The molecule has 2 aromatic carbocycles. The monoisotopic (exact) mass is 418 g/mol.